The van der Waals surface area contributed by atoms with Crippen molar-refractivity contribution in [2.75, 3.05) is 0 Å². The van der Waals surface area contributed by atoms with Crippen molar-refractivity contribution in [1.82, 2.24) is 15.5 Å². The van der Waals surface area contributed by atoms with Crippen LogP contribution >= 0.6 is 0 Å². The Morgan fingerprint density at radius 1 is 1.20 bits per heavy atom. The molecule has 0 unspecified atom stereocenters. The van der Waals surface area contributed by atoms with Gasteiger partial charge in [-0.3, -0.25) is 4.79 Å². The maximum Gasteiger partial charge on any atom is 0.258 e. The average Bonchev–Trinajstić information content (AvgIpc) is 3.12. The van der Waals surface area contributed by atoms with Gasteiger partial charge in [0, 0.05) is 22.7 Å². The van der Waals surface area contributed by atoms with E-state index in [0.29, 0.717) is 28.4 Å². The molecule has 0 saturated carbocycles. The number of carbonyl (C=O) groups is 1. The Hall–Kier alpha value is -3.02. The summed E-state index contributed by atoms with van der Waals surface area (Å²) in [6, 6.07) is 12.9. The number of carbonyl (C=O) groups excluding carboxylic acids is 1. The molecule has 0 fully saturated rings. The highest BCUT2D eigenvalue weighted by atomic mass is 19.1. The fourth-order valence-corrected chi connectivity index (χ4v) is 2.26. The van der Waals surface area contributed by atoms with Crippen molar-refractivity contribution < 1.29 is 13.7 Å². The summed E-state index contributed by atoms with van der Waals surface area (Å²) in [6.45, 7) is 3.96. The van der Waals surface area contributed by atoms with Gasteiger partial charge in [0.1, 0.15) is 5.82 Å². The Kier molecular flexibility index (Phi) is 4.88. The van der Waals surface area contributed by atoms with E-state index in [9.17, 15) is 9.18 Å². The molecule has 0 saturated heterocycles. The lowest BCUT2D eigenvalue weighted by Gasteiger charge is -2.11. The quantitative estimate of drug-likeness (QED) is 0.761. The summed E-state index contributed by atoms with van der Waals surface area (Å²) in [5.74, 6) is 0.198. The molecule has 0 aliphatic carbocycles. The van der Waals surface area contributed by atoms with Gasteiger partial charge in [-0.2, -0.15) is 4.98 Å². The Labute approximate surface area is 144 Å². The van der Waals surface area contributed by atoms with E-state index >= 15 is 0 Å². The average molecular weight is 339 g/mol. The van der Waals surface area contributed by atoms with Gasteiger partial charge in [0.25, 0.3) is 11.8 Å². The Morgan fingerprint density at radius 3 is 2.68 bits per heavy atom. The molecule has 0 aliphatic rings. The first kappa shape index (κ1) is 16.8. The van der Waals surface area contributed by atoms with E-state index < -0.39 is 0 Å². The van der Waals surface area contributed by atoms with Crippen LogP contribution in [0.5, 0.6) is 0 Å². The van der Waals surface area contributed by atoms with Crippen LogP contribution < -0.4 is 5.32 Å². The molecule has 6 heteroatoms. The number of benzene rings is 2. The maximum absolute atomic E-state index is 13.0. The van der Waals surface area contributed by atoms with Crippen LogP contribution in [-0.4, -0.2) is 22.1 Å². The molecule has 0 spiro atoms. The number of rotatable bonds is 5. The minimum absolute atomic E-state index is 0.102. The van der Waals surface area contributed by atoms with Gasteiger partial charge in [-0.15, -0.1) is 0 Å². The number of nitrogens with one attached hydrogen (secondary N) is 1. The standard InChI is InChI=1S/C19H18FN3O2/c1-3-12(2)21-18(24)14-5-4-6-15(11-14)19-22-17(23-25-19)13-7-9-16(20)10-8-13/h4-12H,3H2,1-2H3,(H,21,24)/t12-/m1/s1. The van der Waals surface area contributed by atoms with Crippen LogP contribution in [-0.2, 0) is 0 Å². The van der Waals surface area contributed by atoms with Crippen molar-refractivity contribution in [2.45, 2.75) is 26.3 Å². The number of halogens is 1. The molecule has 1 aromatic heterocycles. The second-order valence-corrected chi connectivity index (χ2v) is 5.79. The SMILES string of the molecule is CC[C@@H](C)NC(=O)c1cccc(-c2nc(-c3ccc(F)cc3)no2)c1. The fraction of sp³-hybridized carbons (Fsp3) is 0.211. The highest BCUT2D eigenvalue weighted by Gasteiger charge is 2.14. The molecule has 3 aromatic rings. The normalized spacial score (nSPS) is 12.0. The number of aromatic nitrogens is 2. The van der Waals surface area contributed by atoms with E-state index in [2.05, 4.69) is 15.5 Å². The predicted octanol–water partition coefficient (Wildman–Crippen LogP) is 4.07. The highest BCUT2D eigenvalue weighted by Crippen LogP contribution is 2.23. The van der Waals surface area contributed by atoms with Gasteiger partial charge < -0.3 is 9.84 Å². The second-order valence-electron chi connectivity index (χ2n) is 5.79. The summed E-state index contributed by atoms with van der Waals surface area (Å²) in [5, 5.41) is 6.84. The van der Waals surface area contributed by atoms with E-state index in [4.69, 9.17) is 4.52 Å². The lowest BCUT2D eigenvalue weighted by molar-refractivity contribution is 0.0939. The molecular weight excluding hydrogens is 321 g/mol. The lowest BCUT2D eigenvalue weighted by Crippen LogP contribution is -2.31. The summed E-state index contributed by atoms with van der Waals surface area (Å²) in [5.41, 5.74) is 1.83. The second kappa shape index (κ2) is 7.25. The van der Waals surface area contributed by atoms with E-state index in [1.54, 1.807) is 36.4 Å². The molecule has 5 nitrogen and oxygen atoms in total. The third kappa shape index (κ3) is 3.91. The number of hydrogen-bond donors (Lipinski definition) is 1. The molecule has 1 amide bonds. The summed E-state index contributed by atoms with van der Waals surface area (Å²) in [4.78, 5) is 16.6. The molecule has 1 N–H and O–H groups in total. The van der Waals surface area contributed by atoms with Gasteiger partial charge in [-0.25, -0.2) is 4.39 Å². The zero-order valence-corrected chi connectivity index (χ0v) is 14.0. The van der Waals surface area contributed by atoms with Crippen LogP contribution in [0.25, 0.3) is 22.8 Å². The Balaban J connectivity index is 1.84. The van der Waals surface area contributed by atoms with Gasteiger partial charge in [-0.1, -0.05) is 18.1 Å². The lowest BCUT2D eigenvalue weighted by atomic mass is 10.1. The van der Waals surface area contributed by atoms with Crippen molar-refractivity contribution in [2.24, 2.45) is 0 Å². The Bertz CT molecular complexity index is 874. The molecule has 3 rings (SSSR count). The molecule has 128 valence electrons. The smallest absolute Gasteiger partial charge is 0.258 e. The maximum atomic E-state index is 13.0. The monoisotopic (exact) mass is 339 g/mol. The molecule has 2 aromatic carbocycles. The predicted molar refractivity (Wildman–Crippen MR) is 92.3 cm³/mol. The number of hydrogen-bond acceptors (Lipinski definition) is 4. The van der Waals surface area contributed by atoms with E-state index in [1.165, 1.54) is 12.1 Å². The first-order valence-electron chi connectivity index (χ1n) is 8.07. The van der Waals surface area contributed by atoms with Crippen LogP contribution in [0.3, 0.4) is 0 Å². The first-order chi connectivity index (χ1) is 12.1. The van der Waals surface area contributed by atoms with Gasteiger partial charge >= 0.3 is 0 Å². The molecule has 0 bridgehead atoms. The zero-order chi connectivity index (χ0) is 17.8. The summed E-state index contributed by atoms with van der Waals surface area (Å²) >= 11 is 0. The summed E-state index contributed by atoms with van der Waals surface area (Å²) < 4.78 is 18.3. The largest absolute Gasteiger partial charge is 0.350 e. The third-order valence-corrected chi connectivity index (χ3v) is 3.89. The van der Waals surface area contributed by atoms with Gasteiger partial charge in [0.05, 0.1) is 0 Å². The van der Waals surface area contributed by atoms with Crippen molar-refractivity contribution >= 4 is 5.91 Å². The van der Waals surface area contributed by atoms with Crippen LogP contribution in [0.4, 0.5) is 4.39 Å². The van der Waals surface area contributed by atoms with Crippen LogP contribution in [0.1, 0.15) is 30.6 Å². The minimum atomic E-state index is -0.326. The van der Waals surface area contributed by atoms with Crippen molar-refractivity contribution in [1.29, 1.82) is 0 Å². The highest BCUT2D eigenvalue weighted by molar-refractivity contribution is 5.95. The van der Waals surface area contributed by atoms with Crippen molar-refractivity contribution in [3.63, 3.8) is 0 Å². The molecular formula is C19H18FN3O2. The first-order valence-corrected chi connectivity index (χ1v) is 8.07. The molecule has 0 radical (unpaired) electrons. The zero-order valence-electron chi connectivity index (χ0n) is 14.0. The fourth-order valence-electron chi connectivity index (χ4n) is 2.26. The summed E-state index contributed by atoms with van der Waals surface area (Å²) in [6.07, 6.45) is 0.857. The molecule has 1 atom stereocenters. The van der Waals surface area contributed by atoms with Gasteiger partial charge in [-0.05, 0) is 55.8 Å². The van der Waals surface area contributed by atoms with Crippen LogP contribution in [0, 0.1) is 5.82 Å². The van der Waals surface area contributed by atoms with Gasteiger partial charge in [0.2, 0.25) is 5.82 Å². The number of amides is 1. The minimum Gasteiger partial charge on any atom is -0.350 e. The molecule has 1 heterocycles. The van der Waals surface area contributed by atoms with E-state index in [1.807, 2.05) is 13.8 Å². The number of nitrogens with zero attached hydrogens (tertiary/aromatic N) is 2. The van der Waals surface area contributed by atoms with Crippen LogP contribution in [0.15, 0.2) is 53.1 Å². The van der Waals surface area contributed by atoms with Crippen molar-refractivity contribution in [3.8, 4) is 22.8 Å². The third-order valence-electron chi connectivity index (χ3n) is 3.89. The molecule has 0 aliphatic heterocycles. The summed E-state index contributed by atoms with van der Waals surface area (Å²) in [7, 11) is 0. The topological polar surface area (TPSA) is 68.0 Å². The van der Waals surface area contributed by atoms with Gasteiger partial charge in [0.15, 0.2) is 0 Å². The Morgan fingerprint density at radius 2 is 1.96 bits per heavy atom. The van der Waals surface area contributed by atoms with Crippen molar-refractivity contribution in [3.05, 3.63) is 59.9 Å². The van der Waals surface area contributed by atoms with Crippen LogP contribution in [0.2, 0.25) is 0 Å². The molecule has 25 heavy (non-hydrogen) atoms. The van der Waals surface area contributed by atoms with E-state index in [-0.39, 0.29) is 17.8 Å². The van der Waals surface area contributed by atoms with E-state index in [0.717, 1.165) is 6.42 Å².